The molecule has 0 aromatic heterocycles. The molecule has 0 aliphatic rings. The summed E-state index contributed by atoms with van der Waals surface area (Å²) in [5.41, 5.74) is 0. The molecule has 0 aliphatic heterocycles. The number of hydrogen-bond acceptors (Lipinski definition) is 2. The lowest BCUT2D eigenvalue weighted by Gasteiger charge is -2.42. The molecule has 0 spiro atoms. The molecule has 0 fully saturated rings. The molecule has 0 saturated carbocycles. The minimum atomic E-state index is -1.82. The SMILES string of the molecule is CN[Si](NC)(c1ccccc1)C(C)(C)C. The zero-order valence-electron chi connectivity index (χ0n) is 10.4. The molecule has 3 heteroatoms. The van der Waals surface area contributed by atoms with E-state index in [2.05, 4.69) is 75.2 Å². The Hall–Kier alpha value is -0.643. The summed E-state index contributed by atoms with van der Waals surface area (Å²) in [7, 11) is 2.29. The summed E-state index contributed by atoms with van der Waals surface area (Å²) in [4.78, 5) is 7.10. The molecule has 0 amide bonds. The Labute approximate surface area is 94.3 Å². The van der Waals surface area contributed by atoms with Crippen molar-refractivity contribution in [3.63, 3.8) is 0 Å². The predicted octanol–water partition coefficient (Wildman–Crippen LogP) is 1.57. The number of rotatable bonds is 3. The van der Waals surface area contributed by atoms with Crippen LogP contribution in [0.3, 0.4) is 0 Å². The van der Waals surface area contributed by atoms with E-state index in [4.69, 9.17) is 0 Å². The van der Waals surface area contributed by atoms with Gasteiger partial charge in [0.1, 0.15) is 0 Å². The Morgan fingerprint density at radius 1 is 0.933 bits per heavy atom. The summed E-state index contributed by atoms with van der Waals surface area (Å²) in [5.74, 6) is 0. The van der Waals surface area contributed by atoms with Crippen LogP contribution in [0.4, 0.5) is 0 Å². The van der Waals surface area contributed by atoms with Gasteiger partial charge in [-0.1, -0.05) is 51.1 Å². The largest absolute Gasteiger partial charge is 0.324 e. The fourth-order valence-electron chi connectivity index (χ4n) is 2.28. The van der Waals surface area contributed by atoms with Crippen LogP contribution in [0.1, 0.15) is 20.8 Å². The zero-order chi connectivity index (χ0) is 11.5. The van der Waals surface area contributed by atoms with Crippen molar-refractivity contribution in [2.75, 3.05) is 14.1 Å². The van der Waals surface area contributed by atoms with Crippen molar-refractivity contribution in [2.45, 2.75) is 25.8 Å². The Balaban J connectivity index is 3.24. The van der Waals surface area contributed by atoms with Crippen LogP contribution in [0.25, 0.3) is 0 Å². The van der Waals surface area contributed by atoms with Gasteiger partial charge in [-0.25, -0.2) is 0 Å². The van der Waals surface area contributed by atoms with E-state index in [0.717, 1.165) is 0 Å². The molecule has 1 aromatic carbocycles. The highest BCUT2D eigenvalue weighted by Gasteiger charge is 2.44. The van der Waals surface area contributed by atoms with Gasteiger partial charge in [0.05, 0.1) is 0 Å². The van der Waals surface area contributed by atoms with Gasteiger partial charge in [0.2, 0.25) is 8.40 Å². The fraction of sp³-hybridized carbons (Fsp3) is 0.500. The Morgan fingerprint density at radius 2 is 1.40 bits per heavy atom. The molecule has 0 saturated heterocycles. The van der Waals surface area contributed by atoms with Gasteiger partial charge in [-0.2, -0.15) is 0 Å². The summed E-state index contributed by atoms with van der Waals surface area (Å²) < 4.78 is 0. The Bertz CT molecular complexity index is 299. The molecule has 0 unspecified atom stereocenters. The van der Waals surface area contributed by atoms with E-state index in [-0.39, 0.29) is 5.04 Å². The van der Waals surface area contributed by atoms with Crippen LogP contribution in [0, 0.1) is 0 Å². The molecule has 1 rings (SSSR count). The van der Waals surface area contributed by atoms with Crippen molar-refractivity contribution in [2.24, 2.45) is 0 Å². The third kappa shape index (κ3) is 2.14. The van der Waals surface area contributed by atoms with Crippen molar-refractivity contribution in [1.29, 1.82) is 0 Å². The topological polar surface area (TPSA) is 24.1 Å². The second kappa shape index (κ2) is 4.47. The quantitative estimate of drug-likeness (QED) is 0.759. The molecule has 0 bridgehead atoms. The van der Waals surface area contributed by atoms with Crippen LogP contribution in [0.15, 0.2) is 30.3 Å². The number of hydrogen-bond donors (Lipinski definition) is 2. The molecule has 15 heavy (non-hydrogen) atoms. The third-order valence-electron chi connectivity index (χ3n) is 3.08. The van der Waals surface area contributed by atoms with E-state index in [0.29, 0.717) is 0 Å². The van der Waals surface area contributed by atoms with Crippen LogP contribution in [0.5, 0.6) is 0 Å². The molecule has 1 aromatic rings. The summed E-state index contributed by atoms with van der Waals surface area (Å²) in [6, 6.07) is 10.7. The average molecular weight is 222 g/mol. The maximum absolute atomic E-state index is 3.55. The second-order valence-corrected chi connectivity index (χ2v) is 9.44. The maximum Gasteiger partial charge on any atom is 0.239 e. The molecule has 2 nitrogen and oxygen atoms in total. The van der Waals surface area contributed by atoms with Crippen LogP contribution in [-0.4, -0.2) is 22.5 Å². The monoisotopic (exact) mass is 222 g/mol. The number of benzene rings is 1. The van der Waals surface area contributed by atoms with E-state index in [1.54, 1.807) is 0 Å². The van der Waals surface area contributed by atoms with E-state index in [1.807, 2.05) is 0 Å². The summed E-state index contributed by atoms with van der Waals surface area (Å²) in [6.45, 7) is 6.87. The van der Waals surface area contributed by atoms with Crippen molar-refractivity contribution < 1.29 is 0 Å². The average Bonchev–Trinajstić information content (AvgIpc) is 2.20. The van der Waals surface area contributed by atoms with Gasteiger partial charge >= 0.3 is 0 Å². The van der Waals surface area contributed by atoms with E-state index < -0.39 is 8.40 Å². The highest BCUT2D eigenvalue weighted by atomic mass is 28.3. The Kier molecular flexibility index (Phi) is 3.70. The standard InChI is InChI=1S/C12H22N2Si/c1-12(2,3)15(13-4,14-5)11-9-7-6-8-10-11/h6-10,13-14H,1-5H3. The van der Waals surface area contributed by atoms with Crippen molar-refractivity contribution in [3.05, 3.63) is 30.3 Å². The molecular weight excluding hydrogens is 200 g/mol. The van der Waals surface area contributed by atoms with E-state index >= 15 is 0 Å². The second-order valence-electron chi connectivity index (χ2n) is 4.87. The molecular formula is C12H22N2Si. The molecule has 0 aliphatic carbocycles. The van der Waals surface area contributed by atoms with Gasteiger partial charge in [-0.3, -0.25) is 0 Å². The first-order chi connectivity index (χ1) is 6.98. The smallest absolute Gasteiger partial charge is 0.239 e. The summed E-state index contributed by atoms with van der Waals surface area (Å²) in [5, 5.41) is 1.64. The van der Waals surface area contributed by atoms with Crippen LogP contribution in [0.2, 0.25) is 5.04 Å². The first kappa shape index (κ1) is 12.4. The van der Waals surface area contributed by atoms with Gasteiger partial charge in [-0.15, -0.1) is 0 Å². The van der Waals surface area contributed by atoms with Crippen LogP contribution < -0.4 is 15.2 Å². The summed E-state index contributed by atoms with van der Waals surface area (Å²) in [6.07, 6.45) is 0. The lowest BCUT2D eigenvalue weighted by Crippen LogP contribution is -2.73. The van der Waals surface area contributed by atoms with Crippen LogP contribution >= 0.6 is 0 Å². The molecule has 84 valence electrons. The van der Waals surface area contributed by atoms with Gasteiger partial charge in [0.25, 0.3) is 0 Å². The first-order valence-electron chi connectivity index (χ1n) is 5.41. The molecule has 0 atom stereocenters. The molecule has 2 N–H and O–H groups in total. The maximum atomic E-state index is 3.55. The van der Waals surface area contributed by atoms with Crippen molar-refractivity contribution >= 4 is 13.6 Å². The van der Waals surface area contributed by atoms with Gasteiger partial charge in [0, 0.05) is 0 Å². The van der Waals surface area contributed by atoms with E-state index in [1.165, 1.54) is 5.19 Å². The highest BCUT2D eigenvalue weighted by Crippen LogP contribution is 2.31. The van der Waals surface area contributed by atoms with Crippen molar-refractivity contribution in [3.8, 4) is 0 Å². The van der Waals surface area contributed by atoms with Crippen LogP contribution in [-0.2, 0) is 0 Å². The highest BCUT2D eigenvalue weighted by molar-refractivity contribution is 6.90. The zero-order valence-corrected chi connectivity index (χ0v) is 11.4. The van der Waals surface area contributed by atoms with Gasteiger partial charge in [-0.05, 0) is 24.3 Å². The fourth-order valence-corrected chi connectivity index (χ4v) is 6.17. The number of nitrogens with one attached hydrogen (secondary N) is 2. The molecule has 0 radical (unpaired) electrons. The van der Waals surface area contributed by atoms with Gasteiger partial charge < -0.3 is 9.96 Å². The third-order valence-corrected chi connectivity index (χ3v) is 8.03. The normalized spacial score (nSPS) is 12.9. The van der Waals surface area contributed by atoms with Gasteiger partial charge in [0.15, 0.2) is 0 Å². The minimum Gasteiger partial charge on any atom is -0.324 e. The van der Waals surface area contributed by atoms with E-state index in [9.17, 15) is 0 Å². The first-order valence-corrected chi connectivity index (χ1v) is 7.41. The molecule has 0 heterocycles. The lowest BCUT2D eigenvalue weighted by molar-refractivity contribution is 0.682. The minimum absolute atomic E-state index is 0.234. The predicted molar refractivity (Wildman–Crippen MR) is 69.7 cm³/mol. The Morgan fingerprint density at radius 3 is 1.73 bits per heavy atom. The lowest BCUT2D eigenvalue weighted by atomic mass is 10.2. The van der Waals surface area contributed by atoms with Crippen molar-refractivity contribution in [1.82, 2.24) is 9.96 Å². The summed E-state index contributed by atoms with van der Waals surface area (Å²) >= 11 is 0.